The third-order valence-corrected chi connectivity index (χ3v) is 6.26. The Balaban J connectivity index is 1.55. The first-order valence-electron chi connectivity index (χ1n) is 8.95. The summed E-state index contributed by atoms with van der Waals surface area (Å²) in [5, 5.41) is 19.7. The first-order chi connectivity index (χ1) is 14.5. The van der Waals surface area contributed by atoms with Gasteiger partial charge < -0.3 is 5.32 Å². The second kappa shape index (κ2) is 8.23. The lowest BCUT2D eigenvalue weighted by molar-refractivity contribution is -0.384. The second-order valence-corrected chi connectivity index (χ2v) is 8.40. The molecule has 3 amide bonds. The molecule has 0 fully saturated rings. The van der Waals surface area contributed by atoms with Crippen molar-refractivity contribution in [2.24, 2.45) is 0 Å². The van der Waals surface area contributed by atoms with E-state index in [0.29, 0.717) is 16.3 Å². The molecule has 0 saturated heterocycles. The summed E-state index contributed by atoms with van der Waals surface area (Å²) in [6.45, 7) is 2.27. The Hall–Kier alpha value is -3.65. The Bertz CT molecular complexity index is 1180. The van der Waals surface area contributed by atoms with Gasteiger partial charge in [0.2, 0.25) is 15.9 Å². The van der Waals surface area contributed by atoms with Gasteiger partial charge in [0.1, 0.15) is 11.4 Å². The highest BCUT2D eigenvalue weighted by atomic mass is 32.2. The summed E-state index contributed by atoms with van der Waals surface area (Å²) in [5.41, 5.74) is 0.161. The van der Waals surface area contributed by atoms with Crippen LogP contribution in [0.2, 0.25) is 0 Å². The van der Waals surface area contributed by atoms with Gasteiger partial charge in [-0.3, -0.25) is 34.5 Å². The van der Waals surface area contributed by atoms with Crippen LogP contribution < -0.4 is 10.0 Å². The Morgan fingerprint density at radius 2 is 1.87 bits per heavy atom. The third kappa shape index (κ3) is 4.29. The molecule has 1 aromatic carbocycles. The van der Waals surface area contributed by atoms with E-state index < -0.39 is 39.2 Å². The number of nitro groups is 1. The molecule has 164 valence electrons. The minimum absolute atomic E-state index is 0.0259. The van der Waals surface area contributed by atoms with Crippen molar-refractivity contribution in [2.75, 3.05) is 19.6 Å². The standard InChI is InChI=1S/C17H18N6O7S/c1-9-15(10(2)21-20-9)31(29,30)19-6-5-18-14(24)8-22-16(25)12-4-3-11(23(27)28)7-13(12)17(22)26/h3-4,7,19H,5-6,8H2,1-2H3,(H,18,24)(H,20,21). The first kappa shape index (κ1) is 22.0. The van der Waals surface area contributed by atoms with Gasteiger partial charge >= 0.3 is 0 Å². The number of aryl methyl sites for hydroxylation is 2. The number of rotatable bonds is 8. The van der Waals surface area contributed by atoms with E-state index in [1.54, 1.807) is 6.92 Å². The molecule has 13 nitrogen and oxygen atoms in total. The number of sulfonamides is 1. The summed E-state index contributed by atoms with van der Waals surface area (Å²) in [6, 6.07) is 3.26. The summed E-state index contributed by atoms with van der Waals surface area (Å²) >= 11 is 0. The van der Waals surface area contributed by atoms with Crippen LogP contribution in [-0.2, 0) is 14.8 Å². The fourth-order valence-electron chi connectivity index (χ4n) is 3.13. The van der Waals surface area contributed by atoms with Crippen LogP contribution in [0.4, 0.5) is 5.69 Å². The Kier molecular flexibility index (Phi) is 5.85. The first-order valence-corrected chi connectivity index (χ1v) is 10.4. The molecule has 2 aromatic rings. The van der Waals surface area contributed by atoms with Gasteiger partial charge in [-0.1, -0.05) is 0 Å². The number of aromatic nitrogens is 2. The van der Waals surface area contributed by atoms with Crippen molar-refractivity contribution in [1.29, 1.82) is 0 Å². The van der Waals surface area contributed by atoms with Crippen LogP contribution in [-0.4, -0.2) is 65.8 Å². The van der Waals surface area contributed by atoms with Gasteiger partial charge in [0.15, 0.2) is 0 Å². The van der Waals surface area contributed by atoms with E-state index in [-0.39, 0.29) is 34.8 Å². The molecular formula is C17H18N6O7S. The zero-order valence-corrected chi connectivity index (χ0v) is 17.3. The number of nitrogens with zero attached hydrogens (tertiary/aromatic N) is 3. The summed E-state index contributed by atoms with van der Waals surface area (Å²) in [7, 11) is -3.83. The number of fused-ring (bicyclic) bond motifs is 1. The van der Waals surface area contributed by atoms with E-state index in [9.17, 15) is 32.9 Å². The Morgan fingerprint density at radius 3 is 2.48 bits per heavy atom. The largest absolute Gasteiger partial charge is 0.353 e. The molecule has 31 heavy (non-hydrogen) atoms. The number of nitrogens with one attached hydrogen (secondary N) is 3. The highest BCUT2D eigenvalue weighted by molar-refractivity contribution is 7.89. The maximum atomic E-state index is 12.4. The molecule has 1 aliphatic rings. The van der Waals surface area contributed by atoms with E-state index in [2.05, 4.69) is 20.2 Å². The van der Waals surface area contributed by atoms with Crippen molar-refractivity contribution < 1.29 is 27.7 Å². The summed E-state index contributed by atoms with van der Waals surface area (Å²) in [4.78, 5) is 47.7. The smallest absolute Gasteiger partial charge is 0.270 e. The maximum absolute atomic E-state index is 12.4. The van der Waals surface area contributed by atoms with Crippen molar-refractivity contribution in [2.45, 2.75) is 18.7 Å². The zero-order valence-electron chi connectivity index (χ0n) is 16.5. The molecule has 0 radical (unpaired) electrons. The number of non-ortho nitro benzene ring substituents is 1. The van der Waals surface area contributed by atoms with Crippen molar-refractivity contribution in [3.63, 3.8) is 0 Å². The molecule has 0 saturated carbocycles. The lowest BCUT2D eigenvalue weighted by Gasteiger charge is -2.14. The molecule has 14 heteroatoms. The van der Waals surface area contributed by atoms with E-state index in [1.165, 1.54) is 13.0 Å². The van der Waals surface area contributed by atoms with Crippen LogP contribution >= 0.6 is 0 Å². The Labute approximate surface area is 176 Å². The molecule has 0 atom stereocenters. The maximum Gasteiger partial charge on any atom is 0.270 e. The van der Waals surface area contributed by atoms with Gasteiger partial charge in [-0.15, -0.1) is 0 Å². The number of imide groups is 1. The third-order valence-electron chi connectivity index (χ3n) is 4.54. The molecule has 3 rings (SSSR count). The predicted molar refractivity (Wildman–Crippen MR) is 105 cm³/mol. The number of amides is 3. The van der Waals surface area contributed by atoms with Crippen molar-refractivity contribution in [1.82, 2.24) is 25.1 Å². The highest BCUT2D eigenvalue weighted by Crippen LogP contribution is 2.26. The van der Waals surface area contributed by atoms with Gasteiger partial charge in [-0.25, -0.2) is 13.1 Å². The number of carbonyl (C=O) groups is 3. The number of carbonyl (C=O) groups excluding carboxylic acids is 3. The molecule has 1 aromatic heterocycles. The Morgan fingerprint density at radius 1 is 1.19 bits per heavy atom. The average Bonchev–Trinajstić information content (AvgIpc) is 3.17. The lowest BCUT2D eigenvalue weighted by Crippen LogP contribution is -2.42. The van der Waals surface area contributed by atoms with Gasteiger partial charge in [0, 0.05) is 25.2 Å². The van der Waals surface area contributed by atoms with Crippen LogP contribution in [0.1, 0.15) is 32.1 Å². The van der Waals surface area contributed by atoms with Crippen molar-refractivity contribution >= 4 is 33.4 Å². The SMILES string of the molecule is Cc1n[nH]c(C)c1S(=O)(=O)NCCNC(=O)CN1C(=O)c2ccc([N+](=O)[O-])cc2C1=O. The van der Waals surface area contributed by atoms with Gasteiger partial charge in [-0.2, -0.15) is 5.10 Å². The number of H-pyrrole nitrogens is 1. The molecule has 3 N–H and O–H groups in total. The monoisotopic (exact) mass is 450 g/mol. The fraction of sp³-hybridized carbons (Fsp3) is 0.294. The average molecular weight is 450 g/mol. The highest BCUT2D eigenvalue weighted by Gasteiger charge is 2.37. The zero-order chi connectivity index (χ0) is 22.9. The van der Waals surface area contributed by atoms with Crippen molar-refractivity contribution in [3.8, 4) is 0 Å². The molecule has 0 spiro atoms. The number of hydrogen-bond donors (Lipinski definition) is 3. The number of benzene rings is 1. The van der Waals surface area contributed by atoms with Crippen LogP contribution in [0.25, 0.3) is 0 Å². The summed E-state index contributed by atoms with van der Waals surface area (Å²) in [5.74, 6) is -2.25. The van der Waals surface area contributed by atoms with Crippen LogP contribution in [0, 0.1) is 24.0 Å². The number of aromatic amines is 1. The van der Waals surface area contributed by atoms with E-state index in [4.69, 9.17) is 0 Å². The molecule has 0 unspecified atom stereocenters. The molecular weight excluding hydrogens is 432 g/mol. The molecule has 0 bridgehead atoms. The van der Waals surface area contributed by atoms with Gasteiger partial charge in [-0.05, 0) is 19.9 Å². The number of nitro benzene ring substituents is 1. The molecule has 1 aliphatic heterocycles. The number of hydrogen-bond acceptors (Lipinski definition) is 8. The molecule has 0 aliphatic carbocycles. The predicted octanol–water partition coefficient (Wildman–Crippen LogP) is -0.375. The summed E-state index contributed by atoms with van der Waals surface area (Å²) in [6.07, 6.45) is 0. The quantitative estimate of drug-likeness (QED) is 0.210. The van der Waals surface area contributed by atoms with Crippen molar-refractivity contribution in [3.05, 3.63) is 50.8 Å². The van der Waals surface area contributed by atoms with E-state index >= 15 is 0 Å². The van der Waals surface area contributed by atoms with Gasteiger partial charge in [0.25, 0.3) is 17.5 Å². The molecule has 2 heterocycles. The minimum Gasteiger partial charge on any atom is -0.353 e. The summed E-state index contributed by atoms with van der Waals surface area (Å²) < 4.78 is 27.0. The normalized spacial score (nSPS) is 13.4. The fourth-order valence-corrected chi connectivity index (χ4v) is 4.53. The van der Waals surface area contributed by atoms with Gasteiger partial charge in [0.05, 0.1) is 27.4 Å². The topological polar surface area (TPSA) is 184 Å². The second-order valence-electron chi connectivity index (χ2n) is 6.69. The van der Waals surface area contributed by atoms with E-state index in [1.807, 2.05) is 0 Å². The van der Waals surface area contributed by atoms with Crippen LogP contribution in [0.15, 0.2) is 23.1 Å². The van der Waals surface area contributed by atoms with Crippen LogP contribution in [0.3, 0.4) is 0 Å². The van der Waals surface area contributed by atoms with E-state index in [0.717, 1.165) is 12.1 Å². The minimum atomic E-state index is -3.83. The lowest BCUT2D eigenvalue weighted by atomic mass is 10.1. The van der Waals surface area contributed by atoms with Crippen LogP contribution in [0.5, 0.6) is 0 Å².